The molecule has 128 valence electrons. The van der Waals surface area contributed by atoms with Gasteiger partial charge >= 0.3 is 0 Å². The van der Waals surface area contributed by atoms with Gasteiger partial charge in [0.25, 0.3) is 0 Å². The number of benzene rings is 1. The minimum Gasteiger partial charge on any atom is -0.497 e. The van der Waals surface area contributed by atoms with Gasteiger partial charge in [0.05, 0.1) is 13.2 Å². The van der Waals surface area contributed by atoms with E-state index in [0.29, 0.717) is 18.4 Å². The second kappa shape index (κ2) is 8.81. The van der Waals surface area contributed by atoms with E-state index in [1.807, 2.05) is 23.9 Å². The summed E-state index contributed by atoms with van der Waals surface area (Å²) in [4.78, 5) is 14.7. The molecule has 2 unspecified atom stereocenters. The van der Waals surface area contributed by atoms with E-state index in [1.54, 1.807) is 7.11 Å². The first kappa shape index (κ1) is 18.4. The van der Waals surface area contributed by atoms with E-state index in [-0.39, 0.29) is 18.4 Å². The fraction of sp³-hybridized carbons (Fsp3) is 0.588. The number of hydrogen-bond donors (Lipinski definition) is 1. The molecular weight excluding hydrogens is 332 g/mol. The SMILES string of the molecule is COc1ccc(C2CCCN2C(=O)CC2CSCCN2)cc1.Cl. The summed E-state index contributed by atoms with van der Waals surface area (Å²) >= 11 is 1.94. The molecule has 2 aliphatic rings. The monoisotopic (exact) mass is 356 g/mol. The molecule has 4 nitrogen and oxygen atoms in total. The van der Waals surface area contributed by atoms with Gasteiger partial charge < -0.3 is 15.0 Å². The molecule has 2 fully saturated rings. The Morgan fingerprint density at radius 2 is 2.17 bits per heavy atom. The number of rotatable bonds is 4. The maximum Gasteiger partial charge on any atom is 0.224 e. The van der Waals surface area contributed by atoms with Gasteiger partial charge in [0.2, 0.25) is 5.91 Å². The zero-order chi connectivity index (χ0) is 15.4. The summed E-state index contributed by atoms with van der Waals surface area (Å²) in [7, 11) is 1.68. The van der Waals surface area contributed by atoms with E-state index in [4.69, 9.17) is 4.74 Å². The van der Waals surface area contributed by atoms with Crippen LogP contribution in [-0.2, 0) is 4.79 Å². The Morgan fingerprint density at radius 3 is 2.83 bits per heavy atom. The van der Waals surface area contributed by atoms with E-state index in [9.17, 15) is 4.79 Å². The van der Waals surface area contributed by atoms with E-state index < -0.39 is 0 Å². The molecule has 0 saturated carbocycles. The molecule has 1 aromatic rings. The van der Waals surface area contributed by atoms with Crippen LogP contribution in [0.4, 0.5) is 0 Å². The van der Waals surface area contributed by atoms with Crippen LogP contribution in [0.2, 0.25) is 0 Å². The smallest absolute Gasteiger partial charge is 0.224 e. The summed E-state index contributed by atoms with van der Waals surface area (Å²) in [6, 6.07) is 8.71. The molecule has 2 saturated heterocycles. The van der Waals surface area contributed by atoms with Crippen molar-refractivity contribution in [1.82, 2.24) is 10.2 Å². The molecule has 0 spiro atoms. The van der Waals surface area contributed by atoms with Crippen LogP contribution in [0.15, 0.2) is 24.3 Å². The Bertz CT molecular complexity index is 506. The van der Waals surface area contributed by atoms with E-state index in [1.165, 1.54) is 5.56 Å². The van der Waals surface area contributed by atoms with Crippen molar-refractivity contribution in [3.05, 3.63) is 29.8 Å². The third-order valence-corrected chi connectivity index (χ3v) is 5.62. The molecule has 23 heavy (non-hydrogen) atoms. The van der Waals surface area contributed by atoms with Crippen LogP contribution in [0, 0.1) is 0 Å². The number of amides is 1. The number of thioether (sulfide) groups is 1. The van der Waals surface area contributed by atoms with Crippen molar-refractivity contribution < 1.29 is 9.53 Å². The van der Waals surface area contributed by atoms with Crippen LogP contribution in [0.25, 0.3) is 0 Å². The summed E-state index contributed by atoms with van der Waals surface area (Å²) in [5.41, 5.74) is 1.22. The maximum atomic E-state index is 12.7. The van der Waals surface area contributed by atoms with Crippen molar-refractivity contribution in [2.45, 2.75) is 31.3 Å². The van der Waals surface area contributed by atoms with Crippen LogP contribution in [-0.4, -0.2) is 48.6 Å². The first-order chi connectivity index (χ1) is 10.8. The van der Waals surface area contributed by atoms with Gasteiger partial charge in [0, 0.05) is 37.1 Å². The molecule has 1 amide bonds. The van der Waals surface area contributed by atoms with Gasteiger partial charge in [-0.3, -0.25) is 4.79 Å². The maximum absolute atomic E-state index is 12.7. The number of likely N-dealkylation sites (tertiary alicyclic amines) is 1. The number of carbonyl (C=O) groups is 1. The van der Waals surface area contributed by atoms with Gasteiger partial charge in [-0.2, -0.15) is 11.8 Å². The third kappa shape index (κ3) is 4.55. The van der Waals surface area contributed by atoms with Gasteiger partial charge in [-0.25, -0.2) is 0 Å². The van der Waals surface area contributed by atoms with Crippen LogP contribution >= 0.6 is 24.2 Å². The van der Waals surface area contributed by atoms with Crippen LogP contribution in [0.1, 0.15) is 30.9 Å². The summed E-state index contributed by atoms with van der Waals surface area (Å²) in [5, 5.41) is 3.46. The zero-order valence-corrected chi connectivity index (χ0v) is 15.1. The fourth-order valence-electron chi connectivity index (χ4n) is 3.32. The number of carbonyl (C=O) groups excluding carboxylic acids is 1. The normalized spacial score (nSPS) is 24.1. The Morgan fingerprint density at radius 1 is 1.39 bits per heavy atom. The van der Waals surface area contributed by atoms with Crippen LogP contribution < -0.4 is 10.1 Å². The highest BCUT2D eigenvalue weighted by Crippen LogP contribution is 2.33. The first-order valence-electron chi connectivity index (χ1n) is 8.02. The number of nitrogens with one attached hydrogen (secondary N) is 1. The number of methoxy groups -OCH3 is 1. The second-order valence-corrected chi connectivity index (χ2v) is 7.10. The highest BCUT2D eigenvalue weighted by atomic mass is 35.5. The van der Waals surface area contributed by atoms with Crippen molar-refractivity contribution in [1.29, 1.82) is 0 Å². The van der Waals surface area contributed by atoms with Crippen molar-refractivity contribution >= 4 is 30.1 Å². The van der Waals surface area contributed by atoms with Crippen molar-refractivity contribution in [3.63, 3.8) is 0 Å². The lowest BCUT2D eigenvalue weighted by Gasteiger charge is -2.29. The Kier molecular flexibility index (Phi) is 7.06. The van der Waals surface area contributed by atoms with Gasteiger partial charge in [-0.15, -0.1) is 12.4 Å². The molecule has 2 atom stereocenters. The summed E-state index contributed by atoms with van der Waals surface area (Å²) < 4.78 is 5.22. The predicted octanol–water partition coefficient (Wildman–Crippen LogP) is 2.88. The second-order valence-electron chi connectivity index (χ2n) is 5.95. The Hall–Kier alpha value is -0.910. The molecule has 1 N–H and O–H groups in total. The highest BCUT2D eigenvalue weighted by Gasteiger charge is 2.31. The quantitative estimate of drug-likeness (QED) is 0.900. The van der Waals surface area contributed by atoms with Gasteiger partial charge in [-0.1, -0.05) is 12.1 Å². The van der Waals surface area contributed by atoms with Crippen molar-refractivity contribution in [2.75, 3.05) is 31.7 Å². The predicted molar refractivity (Wildman–Crippen MR) is 97.7 cm³/mol. The lowest BCUT2D eigenvalue weighted by Crippen LogP contribution is -2.42. The average molecular weight is 357 g/mol. The zero-order valence-electron chi connectivity index (χ0n) is 13.5. The first-order valence-corrected chi connectivity index (χ1v) is 9.18. The van der Waals surface area contributed by atoms with E-state index >= 15 is 0 Å². The number of halogens is 1. The van der Waals surface area contributed by atoms with Gasteiger partial charge in [0.15, 0.2) is 0 Å². The number of ether oxygens (including phenoxy) is 1. The Labute approximate surface area is 148 Å². The van der Waals surface area contributed by atoms with E-state index in [0.717, 1.165) is 43.2 Å². The summed E-state index contributed by atoms with van der Waals surface area (Å²) in [5.74, 6) is 3.36. The summed E-state index contributed by atoms with van der Waals surface area (Å²) in [6.45, 7) is 1.90. The molecule has 0 radical (unpaired) electrons. The highest BCUT2D eigenvalue weighted by molar-refractivity contribution is 7.99. The van der Waals surface area contributed by atoms with Crippen molar-refractivity contribution in [3.8, 4) is 5.75 Å². The fourth-order valence-corrected chi connectivity index (χ4v) is 4.27. The molecule has 6 heteroatoms. The number of hydrogen-bond acceptors (Lipinski definition) is 4. The minimum absolute atomic E-state index is 0. The van der Waals surface area contributed by atoms with Crippen LogP contribution in [0.3, 0.4) is 0 Å². The minimum atomic E-state index is 0. The molecule has 2 heterocycles. The lowest BCUT2D eigenvalue weighted by molar-refractivity contribution is -0.132. The van der Waals surface area contributed by atoms with Gasteiger partial charge in [0.1, 0.15) is 5.75 Å². The van der Waals surface area contributed by atoms with Gasteiger partial charge in [-0.05, 0) is 30.5 Å². The van der Waals surface area contributed by atoms with E-state index in [2.05, 4.69) is 22.3 Å². The third-order valence-electron chi connectivity index (χ3n) is 4.49. The molecule has 3 rings (SSSR count). The topological polar surface area (TPSA) is 41.6 Å². The Balaban J connectivity index is 0.00000192. The molecule has 0 bridgehead atoms. The summed E-state index contributed by atoms with van der Waals surface area (Å²) in [6.07, 6.45) is 2.78. The van der Waals surface area contributed by atoms with Crippen molar-refractivity contribution in [2.24, 2.45) is 0 Å². The lowest BCUT2D eigenvalue weighted by atomic mass is 10.0. The molecule has 2 aliphatic heterocycles. The molecule has 0 aromatic heterocycles. The number of nitrogens with zero attached hydrogens (tertiary/aromatic N) is 1. The molecular formula is C17H25ClN2O2S. The largest absolute Gasteiger partial charge is 0.497 e. The molecule has 0 aliphatic carbocycles. The molecule has 1 aromatic carbocycles. The average Bonchev–Trinajstić information content (AvgIpc) is 3.05. The standard InChI is InChI=1S/C17H24N2O2S.ClH/c1-21-15-6-4-13(5-7-15)16-3-2-9-19(16)17(20)11-14-12-22-10-8-18-14;/h4-7,14,16,18H,2-3,8-12H2,1H3;1H. The van der Waals surface area contributed by atoms with Crippen LogP contribution in [0.5, 0.6) is 5.75 Å².